The van der Waals surface area contributed by atoms with Crippen molar-refractivity contribution in [3.05, 3.63) is 99.2 Å². The average molecular weight is 812 g/mol. The molecule has 11 nitrogen and oxygen atoms in total. The second-order valence-electron chi connectivity index (χ2n) is 17.5. The number of nitrogens with one attached hydrogen (secondary N) is 2. The Balaban J connectivity index is 0.795. The lowest BCUT2D eigenvalue weighted by Gasteiger charge is -2.55. The third-order valence-electron chi connectivity index (χ3n) is 13.6. The van der Waals surface area contributed by atoms with E-state index in [-0.39, 0.29) is 47.7 Å². The molecule has 0 bridgehead atoms. The standard InChI is InChI=1S/C44H45F4N7O4/c1-24-11-31-29-5-2-3-6-34(29)49-40(31)41(54(24)19-36(47)48)39-32(45)14-28(15-33(39)46)53-22-44(23-53)9-4-10-52(21-44)38(57)20-51-16-25-12-27-18-55(35-7-8-37(56)50-42(35)58)43(59)30(27)13-26(25)17-51/h2-3,5-6,12-15,24,35-36,41,49H,4,7-11,16-23H2,1H3,(H,50,56,58)/t24-,35?,41-/m1/s1. The molecular weight excluding hydrogens is 767 g/mol. The lowest BCUT2D eigenvalue weighted by Crippen LogP contribution is -2.64. The van der Waals surface area contributed by atoms with E-state index >= 15 is 8.78 Å². The molecule has 3 atom stereocenters. The van der Waals surface area contributed by atoms with Crippen LogP contribution in [0.1, 0.15) is 82.5 Å². The highest BCUT2D eigenvalue weighted by atomic mass is 19.3. The molecule has 2 N–H and O–H groups in total. The topological polar surface area (TPSA) is 112 Å². The number of aromatic amines is 1. The first-order valence-electron chi connectivity index (χ1n) is 20.5. The number of hydrogen-bond acceptors (Lipinski definition) is 7. The molecule has 1 unspecified atom stereocenters. The summed E-state index contributed by atoms with van der Waals surface area (Å²) < 4.78 is 60.5. The van der Waals surface area contributed by atoms with Crippen LogP contribution in [-0.4, -0.2) is 106 Å². The van der Waals surface area contributed by atoms with Crippen molar-refractivity contribution in [3.63, 3.8) is 0 Å². The molecule has 0 aliphatic carbocycles. The normalized spacial score (nSPS) is 24.2. The molecule has 6 aliphatic heterocycles. The molecule has 1 aromatic heterocycles. The first-order valence-corrected chi connectivity index (χ1v) is 20.5. The van der Waals surface area contributed by atoms with E-state index in [2.05, 4.69) is 15.2 Å². The number of amides is 4. The second kappa shape index (κ2) is 14.2. The number of aromatic nitrogens is 1. The van der Waals surface area contributed by atoms with Crippen molar-refractivity contribution in [3.8, 4) is 0 Å². The van der Waals surface area contributed by atoms with Crippen LogP contribution in [0, 0.1) is 17.0 Å². The van der Waals surface area contributed by atoms with Gasteiger partial charge in [-0.2, -0.15) is 0 Å². The summed E-state index contributed by atoms with van der Waals surface area (Å²) in [6.07, 6.45) is -0.0123. The van der Waals surface area contributed by atoms with Crippen molar-refractivity contribution in [2.45, 2.75) is 83.2 Å². The number of fused-ring (bicyclic) bond motifs is 5. The Labute approximate surface area is 338 Å². The number of para-hydroxylation sites is 1. The van der Waals surface area contributed by atoms with Crippen molar-refractivity contribution in [2.24, 2.45) is 5.41 Å². The highest BCUT2D eigenvalue weighted by Gasteiger charge is 2.48. The molecule has 4 aromatic rings. The van der Waals surface area contributed by atoms with E-state index in [1.165, 1.54) is 17.0 Å². The summed E-state index contributed by atoms with van der Waals surface area (Å²) in [6, 6.07) is 12.0. The maximum Gasteiger partial charge on any atom is 0.255 e. The number of imide groups is 1. The summed E-state index contributed by atoms with van der Waals surface area (Å²) in [7, 11) is 0. The number of halogens is 4. The summed E-state index contributed by atoms with van der Waals surface area (Å²) in [4.78, 5) is 63.5. The lowest BCUT2D eigenvalue weighted by atomic mass is 9.73. The Kier molecular flexibility index (Phi) is 9.12. The summed E-state index contributed by atoms with van der Waals surface area (Å²) in [5, 5.41) is 3.26. The largest absolute Gasteiger partial charge is 0.370 e. The van der Waals surface area contributed by atoms with Crippen LogP contribution in [0.15, 0.2) is 48.5 Å². The lowest BCUT2D eigenvalue weighted by molar-refractivity contribution is -0.137. The van der Waals surface area contributed by atoms with Gasteiger partial charge in [0.2, 0.25) is 17.7 Å². The first kappa shape index (κ1) is 38.0. The van der Waals surface area contributed by atoms with Gasteiger partial charge in [-0.05, 0) is 79.1 Å². The number of nitrogens with zero attached hydrogens (tertiary/aromatic N) is 5. The maximum atomic E-state index is 16.3. The molecule has 3 fully saturated rings. The van der Waals surface area contributed by atoms with Crippen molar-refractivity contribution in [2.75, 3.05) is 44.2 Å². The number of anilines is 1. The zero-order chi connectivity index (χ0) is 40.9. The Morgan fingerprint density at radius 2 is 1.69 bits per heavy atom. The summed E-state index contributed by atoms with van der Waals surface area (Å²) in [6.45, 7) is 5.02. The fourth-order valence-electron chi connectivity index (χ4n) is 10.8. The van der Waals surface area contributed by atoms with Crippen molar-refractivity contribution in [1.29, 1.82) is 0 Å². The Morgan fingerprint density at radius 1 is 0.949 bits per heavy atom. The highest BCUT2D eigenvalue weighted by Crippen LogP contribution is 2.46. The van der Waals surface area contributed by atoms with Gasteiger partial charge < -0.3 is 19.7 Å². The van der Waals surface area contributed by atoms with Crippen LogP contribution in [0.3, 0.4) is 0 Å². The Bertz CT molecular complexity index is 2410. The van der Waals surface area contributed by atoms with E-state index in [1.807, 2.05) is 53.1 Å². The number of H-pyrrole nitrogens is 1. The van der Waals surface area contributed by atoms with E-state index in [9.17, 15) is 28.0 Å². The minimum Gasteiger partial charge on any atom is -0.370 e. The van der Waals surface area contributed by atoms with Gasteiger partial charge in [0.1, 0.15) is 17.7 Å². The number of carbonyl (C=O) groups excluding carboxylic acids is 4. The molecule has 0 saturated carbocycles. The van der Waals surface area contributed by atoms with Crippen LogP contribution in [0.5, 0.6) is 0 Å². The van der Waals surface area contributed by atoms with Crippen LogP contribution < -0.4 is 10.2 Å². The van der Waals surface area contributed by atoms with E-state index in [0.29, 0.717) is 75.6 Å². The van der Waals surface area contributed by atoms with Crippen LogP contribution in [-0.2, 0) is 40.4 Å². The van der Waals surface area contributed by atoms with Crippen molar-refractivity contribution >= 4 is 40.2 Å². The summed E-state index contributed by atoms with van der Waals surface area (Å²) >= 11 is 0. The SMILES string of the molecule is C[C@@H]1Cc2c([nH]c3ccccc23)[C@@H](c2c(F)cc(N3CC4(CCCN(C(=O)CN5Cc6cc7c(cc6C5)C(=O)N(C5CCC(=O)NC5=O)C7)C4)C3)cc2F)N1CC(F)F. The van der Waals surface area contributed by atoms with Gasteiger partial charge in [-0.3, -0.25) is 34.3 Å². The summed E-state index contributed by atoms with van der Waals surface area (Å²) in [5.74, 6) is -2.54. The number of alkyl halides is 2. The Morgan fingerprint density at radius 3 is 2.44 bits per heavy atom. The van der Waals surface area contributed by atoms with Gasteiger partial charge in [-0.25, -0.2) is 17.6 Å². The molecule has 15 heteroatoms. The minimum absolute atomic E-state index is 0.0100. The van der Waals surface area contributed by atoms with Gasteiger partial charge in [0.05, 0.1) is 19.1 Å². The molecule has 6 aliphatic rings. The fourth-order valence-corrected chi connectivity index (χ4v) is 10.8. The highest BCUT2D eigenvalue weighted by molar-refractivity contribution is 6.05. The smallest absolute Gasteiger partial charge is 0.255 e. The Hall–Kier alpha value is -5.28. The minimum atomic E-state index is -2.68. The molecule has 3 aromatic carbocycles. The molecule has 7 heterocycles. The molecule has 59 heavy (non-hydrogen) atoms. The van der Waals surface area contributed by atoms with Crippen molar-refractivity contribution in [1.82, 2.24) is 29.9 Å². The monoisotopic (exact) mass is 811 g/mol. The predicted octanol–water partition coefficient (Wildman–Crippen LogP) is 5.25. The van der Waals surface area contributed by atoms with Crippen LogP contribution in [0.4, 0.5) is 23.2 Å². The predicted molar refractivity (Wildman–Crippen MR) is 209 cm³/mol. The van der Waals surface area contributed by atoms with E-state index < -0.39 is 42.6 Å². The number of carbonyl (C=O) groups is 4. The van der Waals surface area contributed by atoms with E-state index in [4.69, 9.17) is 0 Å². The van der Waals surface area contributed by atoms with Gasteiger partial charge in [-0.15, -0.1) is 0 Å². The average Bonchev–Trinajstić information content (AvgIpc) is 3.85. The van der Waals surface area contributed by atoms with E-state index in [1.54, 1.807) is 4.90 Å². The summed E-state index contributed by atoms with van der Waals surface area (Å²) in [5.41, 5.74) is 5.59. The molecule has 10 rings (SSSR count). The quantitative estimate of drug-likeness (QED) is 0.194. The molecular formula is C44H45F4N7O4. The zero-order valence-electron chi connectivity index (χ0n) is 32.7. The molecule has 308 valence electrons. The van der Waals surface area contributed by atoms with Gasteiger partial charge in [0.25, 0.3) is 12.3 Å². The number of likely N-dealkylation sites (tertiary alicyclic amines) is 1. The number of benzene rings is 3. The molecule has 3 saturated heterocycles. The first-order chi connectivity index (χ1) is 28.3. The van der Waals surface area contributed by atoms with Crippen LogP contribution >= 0.6 is 0 Å². The fraction of sp³-hybridized carbons (Fsp3) is 0.455. The van der Waals surface area contributed by atoms with Gasteiger partial charge >= 0.3 is 0 Å². The third kappa shape index (κ3) is 6.48. The molecule has 4 amide bonds. The van der Waals surface area contributed by atoms with Crippen molar-refractivity contribution < 1.29 is 36.7 Å². The third-order valence-corrected chi connectivity index (χ3v) is 13.6. The zero-order valence-corrected chi connectivity index (χ0v) is 32.7. The number of piperidine rings is 2. The van der Waals surface area contributed by atoms with Crippen LogP contribution in [0.2, 0.25) is 0 Å². The maximum absolute atomic E-state index is 16.3. The molecule has 0 radical (unpaired) electrons. The van der Waals surface area contributed by atoms with Gasteiger partial charge in [-0.1, -0.05) is 24.3 Å². The number of hydrogen-bond donors (Lipinski definition) is 2. The molecule has 1 spiro atoms. The second-order valence-corrected chi connectivity index (χ2v) is 17.5. The number of rotatable bonds is 7. The van der Waals surface area contributed by atoms with Gasteiger partial charge in [0, 0.05) is 97.1 Å². The van der Waals surface area contributed by atoms with Gasteiger partial charge in [0.15, 0.2) is 0 Å². The van der Waals surface area contributed by atoms with Crippen LogP contribution in [0.25, 0.3) is 10.9 Å². The van der Waals surface area contributed by atoms with E-state index in [0.717, 1.165) is 46.0 Å².